The zero-order valence-corrected chi connectivity index (χ0v) is 18.7. The molecule has 2 heterocycles. The molecule has 2 amide bonds. The summed E-state index contributed by atoms with van der Waals surface area (Å²) >= 11 is 1.16. The van der Waals surface area contributed by atoms with Gasteiger partial charge in [0.25, 0.3) is 5.91 Å². The van der Waals surface area contributed by atoms with E-state index >= 15 is 0 Å². The van der Waals surface area contributed by atoms with Gasteiger partial charge in [0.1, 0.15) is 17.4 Å². The van der Waals surface area contributed by atoms with Crippen molar-refractivity contribution in [3.63, 3.8) is 0 Å². The fourth-order valence-electron chi connectivity index (χ4n) is 3.81. The van der Waals surface area contributed by atoms with Gasteiger partial charge in [-0.05, 0) is 38.5 Å². The van der Waals surface area contributed by atoms with E-state index in [4.69, 9.17) is 9.47 Å². The van der Waals surface area contributed by atoms with Crippen molar-refractivity contribution >= 4 is 29.5 Å². The highest BCUT2D eigenvalue weighted by molar-refractivity contribution is 8.00. The number of aliphatic hydroxyl groups is 1. The molecule has 3 rings (SSSR count). The fourth-order valence-corrected chi connectivity index (χ4v) is 5.33. The van der Waals surface area contributed by atoms with Gasteiger partial charge in [-0.25, -0.2) is 4.79 Å². The van der Waals surface area contributed by atoms with E-state index in [1.807, 2.05) is 12.1 Å². The lowest BCUT2D eigenvalue weighted by Gasteiger charge is -2.46. The molecule has 0 radical (unpaired) electrons. The molecule has 1 N–H and O–H groups in total. The van der Waals surface area contributed by atoms with Crippen LogP contribution >= 0.6 is 11.8 Å². The van der Waals surface area contributed by atoms with Crippen LogP contribution in [-0.2, 0) is 24.9 Å². The highest BCUT2D eigenvalue weighted by Gasteiger charge is 2.65. The molecule has 30 heavy (non-hydrogen) atoms. The second-order valence-corrected chi connectivity index (χ2v) is 9.76. The minimum Gasteiger partial charge on any atom is -0.497 e. The average Bonchev–Trinajstić information content (AvgIpc) is 2.98. The number of hydrogen-bond acceptors (Lipinski definition) is 7. The molecule has 164 valence electrons. The van der Waals surface area contributed by atoms with E-state index in [2.05, 4.69) is 0 Å². The molecule has 2 aliphatic rings. The van der Waals surface area contributed by atoms with Gasteiger partial charge in [0.05, 0.1) is 19.8 Å². The number of nitrogens with zero attached hydrogens (tertiary/aromatic N) is 2. The van der Waals surface area contributed by atoms with Crippen LogP contribution in [0.4, 0.5) is 0 Å². The van der Waals surface area contributed by atoms with Crippen molar-refractivity contribution in [1.29, 1.82) is 0 Å². The number of carbonyl (C=O) groups is 3. The van der Waals surface area contributed by atoms with Crippen LogP contribution in [0.1, 0.15) is 32.8 Å². The second kappa shape index (κ2) is 8.11. The third kappa shape index (κ3) is 4.00. The normalized spacial score (nSPS) is 26.6. The lowest BCUT2D eigenvalue weighted by Crippen LogP contribution is -2.68. The number of amides is 2. The van der Waals surface area contributed by atoms with Gasteiger partial charge in [0.2, 0.25) is 5.91 Å². The van der Waals surface area contributed by atoms with E-state index in [0.717, 1.165) is 17.3 Å². The van der Waals surface area contributed by atoms with E-state index in [0.29, 0.717) is 11.5 Å². The molecule has 1 aromatic rings. The Kier molecular flexibility index (Phi) is 6.06. The molecule has 1 aromatic carbocycles. The summed E-state index contributed by atoms with van der Waals surface area (Å²) in [5.41, 5.74) is 0.153. The third-order valence-corrected chi connectivity index (χ3v) is 6.72. The maximum atomic E-state index is 13.2. The van der Waals surface area contributed by atoms with E-state index in [1.165, 1.54) is 16.8 Å². The smallest absolute Gasteiger partial charge is 0.329 e. The molecule has 2 fully saturated rings. The zero-order chi connectivity index (χ0) is 22.3. The van der Waals surface area contributed by atoms with Gasteiger partial charge in [-0.3, -0.25) is 9.59 Å². The molecule has 0 aliphatic carbocycles. The number of benzene rings is 1. The van der Waals surface area contributed by atoms with Crippen LogP contribution in [0.15, 0.2) is 24.3 Å². The maximum Gasteiger partial charge on any atom is 0.329 e. The molecule has 3 atom stereocenters. The summed E-state index contributed by atoms with van der Waals surface area (Å²) in [5.74, 6) is -0.311. The van der Waals surface area contributed by atoms with Gasteiger partial charge < -0.3 is 24.4 Å². The average molecular weight is 437 g/mol. The summed E-state index contributed by atoms with van der Waals surface area (Å²) in [7, 11) is 3.11. The number of hydrogen-bond donors (Lipinski definition) is 1. The Labute approximate surface area is 180 Å². The van der Waals surface area contributed by atoms with Crippen LogP contribution in [0, 0.1) is 0 Å². The molecule has 0 bridgehead atoms. The summed E-state index contributed by atoms with van der Waals surface area (Å²) in [6, 6.07) is 6.32. The Balaban J connectivity index is 1.92. The Morgan fingerprint density at radius 3 is 2.47 bits per heavy atom. The van der Waals surface area contributed by atoms with Gasteiger partial charge >= 0.3 is 5.97 Å². The van der Waals surface area contributed by atoms with Gasteiger partial charge in [0, 0.05) is 19.2 Å². The zero-order valence-electron chi connectivity index (χ0n) is 17.9. The van der Waals surface area contributed by atoms with Gasteiger partial charge in [-0.15, -0.1) is 11.8 Å². The topological polar surface area (TPSA) is 96.4 Å². The van der Waals surface area contributed by atoms with Gasteiger partial charge in [0.15, 0.2) is 4.87 Å². The van der Waals surface area contributed by atoms with Crippen molar-refractivity contribution in [2.75, 3.05) is 20.7 Å². The molecule has 0 aromatic heterocycles. The second-order valence-electron chi connectivity index (χ2n) is 8.56. The summed E-state index contributed by atoms with van der Waals surface area (Å²) in [6.07, 6.45) is -1.24. The van der Waals surface area contributed by atoms with Crippen molar-refractivity contribution in [2.45, 2.75) is 55.6 Å². The van der Waals surface area contributed by atoms with Crippen LogP contribution in [0.3, 0.4) is 0 Å². The number of ether oxygens (including phenoxy) is 2. The molecular formula is C21H28N2O6S. The number of rotatable bonds is 5. The standard InChI is InChI=1S/C21H28N2O6S/c1-20(2,3)29-18(26)15-10-16(24)21(19(27)22(4)11-17(25)23(15)21)30-12-13-6-8-14(28-5)9-7-13/h6-9,15-16,24H,10-12H2,1-5H3/t15-,16-,21+/m0/s1. The van der Waals surface area contributed by atoms with E-state index in [1.54, 1.807) is 40.0 Å². The first-order chi connectivity index (χ1) is 14.0. The molecule has 9 heteroatoms. The molecular weight excluding hydrogens is 408 g/mol. The first-order valence-corrected chi connectivity index (χ1v) is 10.7. The molecule has 8 nitrogen and oxygen atoms in total. The molecule has 0 spiro atoms. The predicted molar refractivity (Wildman–Crippen MR) is 112 cm³/mol. The lowest BCUT2D eigenvalue weighted by molar-refractivity contribution is -0.169. The Morgan fingerprint density at radius 2 is 1.90 bits per heavy atom. The SMILES string of the molecule is COc1ccc(CS[C@]23C(=O)N(C)CC(=O)N2[C@H](C(=O)OC(C)(C)C)C[C@@H]3O)cc1. The number of thioether (sulfide) groups is 1. The first-order valence-electron chi connectivity index (χ1n) is 9.75. The molecule has 0 unspecified atom stereocenters. The summed E-state index contributed by atoms with van der Waals surface area (Å²) in [6.45, 7) is 5.06. The van der Waals surface area contributed by atoms with Crippen LogP contribution in [0.25, 0.3) is 0 Å². The monoisotopic (exact) mass is 436 g/mol. The number of fused-ring (bicyclic) bond motifs is 1. The van der Waals surface area contributed by atoms with Crippen molar-refractivity contribution in [2.24, 2.45) is 0 Å². The largest absolute Gasteiger partial charge is 0.497 e. The number of likely N-dealkylation sites (N-methyl/N-ethyl adjacent to an activating group) is 1. The predicted octanol–water partition coefficient (Wildman–Crippen LogP) is 1.40. The first kappa shape index (κ1) is 22.4. The highest BCUT2D eigenvalue weighted by Crippen LogP contribution is 2.47. The van der Waals surface area contributed by atoms with Gasteiger partial charge in [-0.2, -0.15) is 0 Å². The Morgan fingerprint density at radius 1 is 1.27 bits per heavy atom. The highest BCUT2D eigenvalue weighted by atomic mass is 32.2. The Hall–Kier alpha value is -2.26. The molecule has 2 saturated heterocycles. The summed E-state index contributed by atoms with van der Waals surface area (Å²) in [4.78, 5) is 40.0. The number of carbonyl (C=O) groups excluding carboxylic acids is 3. The molecule has 2 aliphatic heterocycles. The van der Waals surface area contributed by atoms with E-state index < -0.39 is 28.6 Å². The summed E-state index contributed by atoms with van der Waals surface area (Å²) < 4.78 is 10.6. The number of esters is 1. The van der Waals surface area contributed by atoms with E-state index in [-0.39, 0.29) is 24.8 Å². The van der Waals surface area contributed by atoms with Crippen LogP contribution in [0.5, 0.6) is 5.75 Å². The number of piperazine rings is 1. The van der Waals surface area contributed by atoms with E-state index in [9.17, 15) is 19.5 Å². The maximum absolute atomic E-state index is 13.2. The Bertz CT molecular complexity index is 837. The summed E-state index contributed by atoms with van der Waals surface area (Å²) in [5, 5.41) is 11.0. The van der Waals surface area contributed by atoms with Crippen molar-refractivity contribution in [3.05, 3.63) is 29.8 Å². The molecule has 0 saturated carbocycles. The van der Waals surface area contributed by atoms with Crippen LogP contribution < -0.4 is 4.74 Å². The van der Waals surface area contributed by atoms with Crippen LogP contribution in [-0.4, -0.2) is 76.0 Å². The van der Waals surface area contributed by atoms with Crippen molar-refractivity contribution in [1.82, 2.24) is 9.80 Å². The van der Waals surface area contributed by atoms with Gasteiger partial charge in [-0.1, -0.05) is 12.1 Å². The minimum atomic E-state index is -1.56. The third-order valence-electron chi connectivity index (χ3n) is 5.16. The number of aliphatic hydroxyl groups excluding tert-OH is 1. The van der Waals surface area contributed by atoms with Crippen molar-refractivity contribution < 1.29 is 29.0 Å². The minimum absolute atomic E-state index is 0.0458. The fraction of sp³-hybridized carbons (Fsp3) is 0.571. The number of methoxy groups -OCH3 is 1. The van der Waals surface area contributed by atoms with Crippen molar-refractivity contribution in [3.8, 4) is 5.75 Å². The lowest BCUT2D eigenvalue weighted by atomic mass is 10.1. The van der Waals surface area contributed by atoms with Crippen LogP contribution in [0.2, 0.25) is 0 Å². The quantitative estimate of drug-likeness (QED) is 0.697.